The molecule has 2 heteroatoms. The molecule has 0 heterocycles. The van der Waals surface area contributed by atoms with Crippen LogP contribution in [-0.4, -0.2) is 18.0 Å². The molecule has 0 bridgehead atoms. The predicted molar refractivity (Wildman–Crippen MR) is 66.1 cm³/mol. The van der Waals surface area contributed by atoms with Gasteiger partial charge in [0.2, 0.25) is 0 Å². The van der Waals surface area contributed by atoms with Gasteiger partial charge in [-0.3, -0.25) is 0 Å². The van der Waals surface area contributed by atoms with Gasteiger partial charge in [-0.25, -0.2) is 0 Å². The Bertz CT molecular complexity index is 123. The summed E-state index contributed by atoms with van der Waals surface area (Å²) in [6, 6.07) is 0.607. The first-order chi connectivity index (χ1) is 6.65. The highest BCUT2D eigenvalue weighted by molar-refractivity contribution is 6.21. The summed E-state index contributed by atoms with van der Waals surface area (Å²) in [7, 11) is 0. The van der Waals surface area contributed by atoms with E-state index < -0.39 is 0 Å². The van der Waals surface area contributed by atoms with Crippen molar-refractivity contribution in [3.63, 3.8) is 0 Å². The molecule has 0 radical (unpaired) electrons. The van der Waals surface area contributed by atoms with Crippen molar-refractivity contribution in [3.8, 4) is 0 Å². The molecule has 0 aliphatic rings. The summed E-state index contributed by atoms with van der Waals surface area (Å²) >= 11 is 6.33. The van der Waals surface area contributed by atoms with Crippen molar-refractivity contribution in [3.05, 3.63) is 0 Å². The van der Waals surface area contributed by atoms with Gasteiger partial charge in [0.25, 0.3) is 0 Å². The molecule has 2 atom stereocenters. The van der Waals surface area contributed by atoms with E-state index >= 15 is 0 Å². The maximum atomic E-state index is 6.33. The third kappa shape index (κ3) is 5.87. The van der Waals surface area contributed by atoms with Crippen LogP contribution in [-0.2, 0) is 0 Å². The summed E-state index contributed by atoms with van der Waals surface area (Å²) in [6.45, 7) is 9.85. The lowest BCUT2D eigenvalue weighted by atomic mass is 9.99. The Morgan fingerprint density at radius 3 is 2.14 bits per heavy atom. The minimum Gasteiger partial charge on any atom is -0.313 e. The molecule has 0 saturated heterocycles. The van der Waals surface area contributed by atoms with Gasteiger partial charge in [0.15, 0.2) is 0 Å². The van der Waals surface area contributed by atoms with E-state index in [1.807, 2.05) is 0 Å². The van der Waals surface area contributed by atoms with Crippen LogP contribution in [0.15, 0.2) is 0 Å². The topological polar surface area (TPSA) is 12.0 Å². The molecule has 2 unspecified atom stereocenters. The number of hydrogen-bond donors (Lipinski definition) is 1. The number of alkyl halides is 1. The Morgan fingerprint density at radius 1 is 1.14 bits per heavy atom. The largest absolute Gasteiger partial charge is 0.313 e. The average molecular weight is 220 g/mol. The molecule has 1 nitrogen and oxygen atoms in total. The summed E-state index contributed by atoms with van der Waals surface area (Å²) in [5, 5.41) is 3.80. The third-order valence-electron chi connectivity index (χ3n) is 2.94. The van der Waals surface area contributed by atoms with E-state index in [0.29, 0.717) is 17.3 Å². The van der Waals surface area contributed by atoms with Gasteiger partial charge in [0.05, 0.1) is 0 Å². The minimum absolute atomic E-state index is 0.296. The molecular formula is C12H26ClN. The van der Waals surface area contributed by atoms with Gasteiger partial charge in [-0.15, -0.1) is 11.6 Å². The highest BCUT2D eigenvalue weighted by Crippen LogP contribution is 2.17. The van der Waals surface area contributed by atoms with Crippen molar-refractivity contribution < 1.29 is 0 Å². The van der Waals surface area contributed by atoms with Crippen molar-refractivity contribution in [1.82, 2.24) is 5.32 Å². The van der Waals surface area contributed by atoms with E-state index in [2.05, 4.69) is 33.0 Å². The fourth-order valence-electron chi connectivity index (χ4n) is 1.82. The maximum Gasteiger partial charge on any atom is 0.0488 e. The molecule has 0 saturated carbocycles. The second kappa shape index (κ2) is 8.55. The Labute approximate surface area is 94.6 Å². The molecule has 0 fully saturated rings. The maximum absolute atomic E-state index is 6.33. The Balaban J connectivity index is 3.65. The third-order valence-corrected chi connectivity index (χ3v) is 3.45. The molecule has 0 aromatic rings. The van der Waals surface area contributed by atoms with Crippen molar-refractivity contribution in [1.29, 1.82) is 0 Å². The number of rotatable bonds is 8. The van der Waals surface area contributed by atoms with E-state index in [0.717, 1.165) is 6.54 Å². The molecule has 0 rings (SSSR count). The van der Waals surface area contributed by atoms with E-state index in [1.165, 1.54) is 25.7 Å². The fraction of sp³-hybridized carbons (Fsp3) is 1.00. The summed E-state index contributed by atoms with van der Waals surface area (Å²) < 4.78 is 0. The SMILES string of the molecule is CCCC(C)NCC(Cl)C(CC)CC. The normalized spacial score (nSPS) is 15.9. The lowest BCUT2D eigenvalue weighted by Crippen LogP contribution is -2.34. The first kappa shape index (κ1) is 14.2. The highest BCUT2D eigenvalue weighted by atomic mass is 35.5. The first-order valence-corrected chi connectivity index (χ1v) is 6.46. The first-order valence-electron chi connectivity index (χ1n) is 6.03. The van der Waals surface area contributed by atoms with Gasteiger partial charge in [0.1, 0.15) is 0 Å². The summed E-state index contributed by atoms with van der Waals surface area (Å²) in [4.78, 5) is 0. The summed E-state index contributed by atoms with van der Waals surface area (Å²) in [6.07, 6.45) is 4.86. The van der Waals surface area contributed by atoms with Crippen molar-refractivity contribution >= 4 is 11.6 Å². The van der Waals surface area contributed by atoms with Crippen LogP contribution in [0.2, 0.25) is 0 Å². The van der Waals surface area contributed by atoms with Gasteiger partial charge in [0, 0.05) is 18.0 Å². The predicted octanol–water partition coefficient (Wildman–Crippen LogP) is 3.81. The van der Waals surface area contributed by atoms with E-state index in [9.17, 15) is 0 Å². The Hall–Kier alpha value is 0.250. The molecule has 0 aliphatic heterocycles. The van der Waals surface area contributed by atoms with Gasteiger partial charge >= 0.3 is 0 Å². The van der Waals surface area contributed by atoms with Crippen molar-refractivity contribution in [2.24, 2.45) is 5.92 Å². The quantitative estimate of drug-likeness (QED) is 0.613. The van der Waals surface area contributed by atoms with Crippen LogP contribution in [0.1, 0.15) is 53.4 Å². The number of nitrogens with one attached hydrogen (secondary N) is 1. The molecule has 0 aromatic heterocycles. The number of halogens is 1. The molecule has 0 aliphatic carbocycles. The zero-order chi connectivity index (χ0) is 11.0. The van der Waals surface area contributed by atoms with E-state index in [-0.39, 0.29) is 0 Å². The highest BCUT2D eigenvalue weighted by Gasteiger charge is 2.15. The van der Waals surface area contributed by atoms with Crippen LogP contribution >= 0.6 is 11.6 Å². The van der Waals surface area contributed by atoms with Gasteiger partial charge < -0.3 is 5.32 Å². The standard InChI is InChI=1S/C12H26ClN/c1-5-8-10(4)14-9-12(13)11(6-2)7-3/h10-12,14H,5-9H2,1-4H3. The number of hydrogen-bond acceptors (Lipinski definition) is 1. The molecule has 86 valence electrons. The van der Waals surface area contributed by atoms with Crippen molar-refractivity contribution in [2.75, 3.05) is 6.54 Å². The lowest BCUT2D eigenvalue weighted by Gasteiger charge is -2.22. The smallest absolute Gasteiger partial charge is 0.0488 e. The lowest BCUT2D eigenvalue weighted by molar-refractivity contribution is 0.419. The molecule has 0 spiro atoms. The second-order valence-electron chi connectivity index (χ2n) is 4.19. The second-order valence-corrected chi connectivity index (χ2v) is 4.75. The van der Waals surface area contributed by atoms with Crippen molar-refractivity contribution in [2.45, 2.75) is 64.8 Å². The molecule has 14 heavy (non-hydrogen) atoms. The van der Waals surface area contributed by atoms with Crippen LogP contribution in [0, 0.1) is 5.92 Å². The molecular weight excluding hydrogens is 194 g/mol. The van der Waals surface area contributed by atoms with Crippen LogP contribution in [0.3, 0.4) is 0 Å². The van der Waals surface area contributed by atoms with Gasteiger partial charge in [-0.05, 0) is 19.3 Å². The molecule has 1 N–H and O–H groups in total. The zero-order valence-electron chi connectivity index (χ0n) is 10.1. The van der Waals surface area contributed by atoms with Crippen LogP contribution in [0.25, 0.3) is 0 Å². The van der Waals surface area contributed by atoms with Gasteiger partial charge in [-0.2, -0.15) is 0 Å². The zero-order valence-corrected chi connectivity index (χ0v) is 10.9. The monoisotopic (exact) mass is 219 g/mol. The van der Waals surface area contributed by atoms with E-state index in [4.69, 9.17) is 11.6 Å². The summed E-state index contributed by atoms with van der Waals surface area (Å²) in [5.41, 5.74) is 0. The Kier molecular flexibility index (Phi) is 8.70. The van der Waals surface area contributed by atoms with Crippen LogP contribution in [0.4, 0.5) is 0 Å². The van der Waals surface area contributed by atoms with Crippen LogP contribution in [0.5, 0.6) is 0 Å². The van der Waals surface area contributed by atoms with E-state index in [1.54, 1.807) is 0 Å². The Morgan fingerprint density at radius 2 is 1.71 bits per heavy atom. The summed E-state index contributed by atoms with van der Waals surface area (Å²) in [5.74, 6) is 0.665. The molecule has 0 aromatic carbocycles. The van der Waals surface area contributed by atoms with Gasteiger partial charge in [-0.1, -0.05) is 40.0 Å². The average Bonchev–Trinajstić information content (AvgIpc) is 2.17. The van der Waals surface area contributed by atoms with Crippen LogP contribution < -0.4 is 5.32 Å². The fourth-order valence-corrected chi connectivity index (χ4v) is 2.26. The minimum atomic E-state index is 0.296. The molecule has 0 amide bonds.